The Morgan fingerprint density at radius 2 is 1.76 bits per heavy atom. The van der Waals surface area contributed by atoms with Gasteiger partial charge in [-0.3, -0.25) is 14.5 Å². The van der Waals surface area contributed by atoms with Crippen LogP contribution in [0.3, 0.4) is 0 Å². The molecule has 0 saturated carbocycles. The molecule has 1 fully saturated rings. The van der Waals surface area contributed by atoms with E-state index in [4.69, 9.17) is 17.3 Å². The lowest BCUT2D eigenvalue weighted by atomic mass is 10.1. The van der Waals surface area contributed by atoms with Crippen LogP contribution in [0.4, 0.5) is 0 Å². The Morgan fingerprint density at radius 1 is 1.16 bits per heavy atom. The minimum atomic E-state index is -0.580. The Labute approximate surface area is 154 Å². The van der Waals surface area contributed by atoms with E-state index in [0.29, 0.717) is 13.1 Å². The summed E-state index contributed by atoms with van der Waals surface area (Å²) in [5.74, 6) is -0.285. The highest BCUT2D eigenvalue weighted by Crippen LogP contribution is 2.13. The van der Waals surface area contributed by atoms with Crippen molar-refractivity contribution in [2.45, 2.75) is 26.4 Å². The van der Waals surface area contributed by atoms with Crippen molar-refractivity contribution in [3.05, 3.63) is 34.9 Å². The highest BCUT2D eigenvalue weighted by atomic mass is 35.5. The minimum absolute atomic E-state index is 0.0104. The molecule has 0 bridgehead atoms. The van der Waals surface area contributed by atoms with E-state index < -0.39 is 6.04 Å². The molecule has 25 heavy (non-hydrogen) atoms. The first kappa shape index (κ1) is 19.7. The summed E-state index contributed by atoms with van der Waals surface area (Å²) in [6, 6.07) is 7.24. The van der Waals surface area contributed by atoms with E-state index in [0.717, 1.165) is 24.7 Å². The van der Waals surface area contributed by atoms with E-state index in [1.807, 2.05) is 38.1 Å². The fourth-order valence-corrected chi connectivity index (χ4v) is 2.82. The van der Waals surface area contributed by atoms with Crippen LogP contribution in [0.5, 0.6) is 0 Å². The highest BCUT2D eigenvalue weighted by Gasteiger charge is 2.23. The second-order valence-electron chi connectivity index (χ2n) is 6.77. The number of nitrogens with two attached hydrogens (primary N) is 1. The second-order valence-corrected chi connectivity index (χ2v) is 7.21. The van der Waals surface area contributed by atoms with Crippen LogP contribution < -0.4 is 11.1 Å². The van der Waals surface area contributed by atoms with E-state index in [9.17, 15) is 9.59 Å². The van der Waals surface area contributed by atoms with Gasteiger partial charge in [0.2, 0.25) is 11.8 Å². The molecule has 1 saturated heterocycles. The standard InChI is InChI=1S/C18H27ClN4O2/c1-13(2)17(20)18(25)21-11-16(24)23-9-7-22(8-10-23)12-14-3-5-15(19)6-4-14/h3-6,13,17H,7-12,20H2,1-2H3,(H,21,25)/t17-/m0/s1. The molecule has 0 radical (unpaired) electrons. The van der Waals surface area contributed by atoms with Crippen molar-refractivity contribution in [1.29, 1.82) is 0 Å². The second kappa shape index (κ2) is 9.17. The van der Waals surface area contributed by atoms with Gasteiger partial charge in [0.25, 0.3) is 0 Å². The van der Waals surface area contributed by atoms with Crippen LogP contribution in [0, 0.1) is 5.92 Å². The zero-order valence-corrected chi connectivity index (χ0v) is 15.6. The van der Waals surface area contributed by atoms with Gasteiger partial charge < -0.3 is 16.0 Å². The Hall–Kier alpha value is -1.63. The molecule has 1 aromatic carbocycles. The molecule has 1 heterocycles. The fraction of sp³-hybridized carbons (Fsp3) is 0.556. The Balaban J connectivity index is 1.73. The summed E-state index contributed by atoms with van der Waals surface area (Å²) in [7, 11) is 0. The molecular weight excluding hydrogens is 340 g/mol. The van der Waals surface area contributed by atoms with Crippen molar-refractivity contribution >= 4 is 23.4 Å². The largest absolute Gasteiger partial charge is 0.346 e. The van der Waals surface area contributed by atoms with Crippen LogP contribution in [-0.2, 0) is 16.1 Å². The lowest BCUT2D eigenvalue weighted by Gasteiger charge is -2.35. The molecule has 0 unspecified atom stereocenters. The summed E-state index contributed by atoms with van der Waals surface area (Å²) in [4.78, 5) is 28.2. The van der Waals surface area contributed by atoms with Gasteiger partial charge in [0.1, 0.15) is 0 Å². The molecule has 7 heteroatoms. The van der Waals surface area contributed by atoms with E-state index in [-0.39, 0.29) is 24.3 Å². The number of benzene rings is 1. The molecule has 2 rings (SSSR count). The molecule has 0 aromatic heterocycles. The number of halogens is 1. The number of hydrogen-bond donors (Lipinski definition) is 2. The SMILES string of the molecule is CC(C)[C@H](N)C(=O)NCC(=O)N1CCN(Cc2ccc(Cl)cc2)CC1. The number of rotatable bonds is 6. The van der Waals surface area contributed by atoms with E-state index in [1.54, 1.807) is 4.90 Å². The van der Waals surface area contributed by atoms with Gasteiger partial charge in [-0.2, -0.15) is 0 Å². The van der Waals surface area contributed by atoms with Gasteiger partial charge in [-0.15, -0.1) is 0 Å². The number of carbonyl (C=O) groups is 2. The van der Waals surface area contributed by atoms with Crippen molar-refractivity contribution in [3.63, 3.8) is 0 Å². The predicted octanol–water partition coefficient (Wildman–Crippen LogP) is 1.08. The topological polar surface area (TPSA) is 78.7 Å². The number of nitrogens with one attached hydrogen (secondary N) is 1. The maximum Gasteiger partial charge on any atom is 0.242 e. The van der Waals surface area contributed by atoms with Gasteiger partial charge in [0.05, 0.1) is 12.6 Å². The van der Waals surface area contributed by atoms with E-state index in [2.05, 4.69) is 10.2 Å². The van der Waals surface area contributed by atoms with Crippen LogP contribution in [0.2, 0.25) is 5.02 Å². The number of hydrogen-bond acceptors (Lipinski definition) is 4. The average Bonchev–Trinajstić information content (AvgIpc) is 2.61. The number of piperazine rings is 1. The Bertz CT molecular complexity index is 583. The Morgan fingerprint density at radius 3 is 2.32 bits per heavy atom. The van der Waals surface area contributed by atoms with Crippen LogP contribution in [0.15, 0.2) is 24.3 Å². The summed E-state index contributed by atoms with van der Waals surface area (Å²) in [5.41, 5.74) is 6.98. The summed E-state index contributed by atoms with van der Waals surface area (Å²) in [6.45, 7) is 7.58. The normalized spacial score (nSPS) is 16.8. The van der Waals surface area contributed by atoms with Crippen LogP contribution >= 0.6 is 11.6 Å². The van der Waals surface area contributed by atoms with Crippen molar-refractivity contribution < 1.29 is 9.59 Å². The monoisotopic (exact) mass is 366 g/mol. The average molecular weight is 367 g/mol. The highest BCUT2D eigenvalue weighted by molar-refractivity contribution is 6.30. The zero-order valence-electron chi connectivity index (χ0n) is 14.9. The van der Waals surface area contributed by atoms with Gasteiger partial charge in [0, 0.05) is 37.7 Å². The van der Waals surface area contributed by atoms with Crippen molar-refractivity contribution in [1.82, 2.24) is 15.1 Å². The fourth-order valence-electron chi connectivity index (χ4n) is 2.70. The zero-order chi connectivity index (χ0) is 18.4. The molecule has 2 amide bonds. The molecule has 6 nitrogen and oxygen atoms in total. The summed E-state index contributed by atoms with van der Waals surface area (Å²) in [5, 5.41) is 3.37. The predicted molar refractivity (Wildman–Crippen MR) is 99.1 cm³/mol. The number of carbonyl (C=O) groups excluding carboxylic acids is 2. The molecule has 1 atom stereocenters. The van der Waals surface area contributed by atoms with Gasteiger partial charge in [-0.05, 0) is 23.6 Å². The third-order valence-electron chi connectivity index (χ3n) is 4.48. The first-order valence-corrected chi connectivity index (χ1v) is 9.02. The van der Waals surface area contributed by atoms with E-state index in [1.165, 1.54) is 5.56 Å². The summed E-state index contributed by atoms with van der Waals surface area (Å²) >= 11 is 5.90. The van der Waals surface area contributed by atoms with Crippen molar-refractivity contribution in [3.8, 4) is 0 Å². The lowest BCUT2D eigenvalue weighted by Crippen LogP contribution is -2.52. The van der Waals surface area contributed by atoms with Gasteiger partial charge >= 0.3 is 0 Å². The van der Waals surface area contributed by atoms with Crippen molar-refractivity contribution in [2.24, 2.45) is 11.7 Å². The molecule has 0 spiro atoms. The van der Waals surface area contributed by atoms with Gasteiger partial charge in [-0.1, -0.05) is 37.6 Å². The smallest absolute Gasteiger partial charge is 0.242 e. The molecule has 1 aliphatic heterocycles. The maximum atomic E-state index is 12.2. The maximum absolute atomic E-state index is 12.2. The van der Waals surface area contributed by atoms with Gasteiger partial charge in [0.15, 0.2) is 0 Å². The quantitative estimate of drug-likeness (QED) is 0.789. The third kappa shape index (κ3) is 5.99. The number of nitrogens with zero attached hydrogens (tertiary/aromatic N) is 2. The summed E-state index contributed by atoms with van der Waals surface area (Å²) < 4.78 is 0. The minimum Gasteiger partial charge on any atom is -0.346 e. The first-order valence-electron chi connectivity index (χ1n) is 8.64. The molecule has 3 N–H and O–H groups in total. The third-order valence-corrected chi connectivity index (χ3v) is 4.73. The van der Waals surface area contributed by atoms with Crippen LogP contribution in [0.1, 0.15) is 19.4 Å². The van der Waals surface area contributed by atoms with Crippen LogP contribution in [0.25, 0.3) is 0 Å². The lowest BCUT2D eigenvalue weighted by molar-refractivity contribution is -0.134. The molecule has 1 aliphatic rings. The molecule has 138 valence electrons. The molecule has 0 aliphatic carbocycles. The molecular formula is C18H27ClN4O2. The van der Waals surface area contributed by atoms with Crippen molar-refractivity contribution in [2.75, 3.05) is 32.7 Å². The van der Waals surface area contributed by atoms with E-state index >= 15 is 0 Å². The van der Waals surface area contributed by atoms with Crippen LogP contribution in [-0.4, -0.2) is 60.4 Å². The Kier molecular flexibility index (Phi) is 7.23. The van der Waals surface area contributed by atoms with Gasteiger partial charge in [-0.25, -0.2) is 0 Å². The first-order chi connectivity index (χ1) is 11.9. The molecule has 1 aromatic rings. The number of amides is 2. The summed E-state index contributed by atoms with van der Waals surface area (Å²) in [6.07, 6.45) is 0.